The molecule has 1 aliphatic rings. The smallest absolute Gasteiger partial charge is 0.314 e. The van der Waals surface area contributed by atoms with Crippen LogP contribution in [-0.2, 0) is 9.59 Å². The van der Waals surface area contributed by atoms with Gasteiger partial charge in [0.25, 0.3) is 5.91 Å². The highest BCUT2D eigenvalue weighted by Crippen LogP contribution is 2.25. The molecule has 33 heavy (non-hydrogen) atoms. The molecule has 166 valence electrons. The van der Waals surface area contributed by atoms with Crippen LogP contribution in [0.15, 0.2) is 78.9 Å². The fourth-order valence-corrected chi connectivity index (χ4v) is 3.77. The molecule has 1 saturated heterocycles. The summed E-state index contributed by atoms with van der Waals surface area (Å²) in [6, 6.07) is 26.0. The third kappa shape index (κ3) is 5.78. The number of amides is 1. The van der Waals surface area contributed by atoms with Gasteiger partial charge in [-0.1, -0.05) is 42.5 Å². The maximum absolute atomic E-state index is 12.6. The summed E-state index contributed by atoms with van der Waals surface area (Å²) in [5.41, 5.74) is 2.57. The second-order valence-electron chi connectivity index (χ2n) is 7.89. The van der Waals surface area contributed by atoms with Crippen LogP contribution in [0.1, 0.15) is 18.4 Å². The van der Waals surface area contributed by atoms with E-state index in [9.17, 15) is 9.59 Å². The van der Waals surface area contributed by atoms with Crippen LogP contribution in [-0.4, -0.2) is 36.5 Å². The van der Waals surface area contributed by atoms with Crippen LogP contribution in [0.25, 0.3) is 11.1 Å². The Bertz CT molecular complexity index is 1130. The van der Waals surface area contributed by atoms with E-state index in [1.165, 1.54) is 0 Å². The average Bonchev–Trinajstić information content (AvgIpc) is 2.88. The topological polar surface area (TPSA) is 79.6 Å². The molecule has 1 heterocycles. The normalized spacial score (nSPS) is 13.7. The number of benzene rings is 3. The molecular weight excluding hydrogens is 416 g/mol. The first kappa shape index (κ1) is 22.1. The lowest BCUT2D eigenvalue weighted by Crippen LogP contribution is -2.43. The summed E-state index contributed by atoms with van der Waals surface area (Å²) in [6.07, 6.45) is 1.14. The number of nitriles is 1. The first-order valence-electron chi connectivity index (χ1n) is 10.9. The molecule has 0 atom stereocenters. The minimum Gasteiger partial charge on any atom is -0.484 e. The zero-order chi connectivity index (χ0) is 23.0. The van der Waals surface area contributed by atoms with E-state index < -0.39 is 0 Å². The SMILES string of the molecule is N#Cc1ccc(-c2ccc(OC(=O)C3CCN(C(=O)COc4ccccc4)CC3)cc2)cc1. The van der Waals surface area contributed by atoms with Gasteiger partial charge in [-0.15, -0.1) is 0 Å². The molecule has 1 amide bonds. The van der Waals surface area contributed by atoms with E-state index in [1.807, 2.05) is 54.6 Å². The van der Waals surface area contributed by atoms with E-state index in [2.05, 4.69) is 6.07 Å². The van der Waals surface area contributed by atoms with Crippen molar-refractivity contribution >= 4 is 11.9 Å². The lowest BCUT2D eigenvalue weighted by Gasteiger charge is -2.30. The number of likely N-dealkylation sites (tertiary alicyclic amines) is 1. The van der Waals surface area contributed by atoms with Crippen molar-refractivity contribution in [2.24, 2.45) is 5.92 Å². The molecule has 3 aromatic carbocycles. The Morgan fingerprint density at radius 1 is 0.848 bits per heavy atom. The van der Waals surface area contributed by atoms with Crippen molar-refractivity contribution in [2.75, 3.05) is 19.7 Å². The fraction of sp³-hybridized carbons (Fsp3) is 0.222. The number of rotatable bonds is 6. The van der Waals surface area contributed by atoms with E-state index in [1.54, 1.807) is 29.2 Å². The van der Waals surface area contributed by atoms with Crippen molar-refractivity contribution in [1.82, 2.24) is 4.90 Å². The largest absolute Gasteiger partial charge is 0.484 e. The quantitative estimate of drug-likeness (QED) is 0.418. The van der Waals surface area contributed by atoms with E-state index in [0.717, 1.165) is 11.1 Å². The van der Waals surface area contributed by atoms with Crippen LogP contribution >= 0.6 is 0 Å². The molecule has 0 bridgehead atoms. The van der Waals surface area contributed by atoms with Gasteiger partial charge in [0.15, 0.2) is 6.61 Å². The Morgan fingerprint density at radius 3 is 2.06 bits per heavy atom. The summed E-state index contributed by atoms with van der Waals surface area (Å²) in [7, 11) is 0. The number of carbonyl (C=O) groups excluding carboxylic acids is 2. The molecule has 0 spiro atoms. The summed E-state index contributed by atoms with van der Waals surface area (Å²) in [5, 5.41) is 8.91. The second-order valence-corrected chi connectivity index (χ2v) is 7.89. The Kier molecular flexibility index (Phi) is 7.01. The fourth-order valence-electron chi connectivity index (χ4n) is 3.77. The molecular formula is C27H24N2O4. The Morgan fingerprint density at radius 2 is 1.45 bits per heavy atom. The molecule has 6 heteroatoms. The van der Waals surface area contributed by atoms with Gasteiger partial charge in [0.05, 0.1) is 17.6 Å². The predicted molar refractivity (Wildman–Crippen MR) is 123 cm³/mol. The van der Waals surface area contributed by atoms with E-state index >= 15 is 0 Å². The highest BCUT2D eigenvalue weighted by atomic mass is 16.5. The van der Waals surface area contributed by atoms with Gasteiger partial charge in [-0.25, -0.2) is 0 Å². The molecule has 0 N–H and O–H groups in total. The molecule has 0 aromatic heterocycles. The van der Waals surface area contributed by atoms with E-state index in [0.29, 0.717) is 43.0 Å². The van der Waals surface area contributed by atoms with E-state index in [4.69, 9.17) is 14.7 Å². The Balaban J connectivity index is 1.25. The van der Waals surface area contributed by atoms with Crippen LogP contribution in [0.3, 0.4) is 0 Å². The van der Waals surface area contributed by atoms with Crippen molar-refractivity contribution in [3.05, 3.63) is 84.4 Å². The Labute approximate surface area is 193 Å². The standard InChI is InChI=1S/C27H24N2O4/c28-18-20-6-8-21(9-7-20)22-10-12-25(13-11-22)33-27(31)23-14-16-29(17-15-23)26(30)19-32-24-4-2-1-3-5-24/h1-13,23H,14-17,19H2. The van der Waals surface area contributed by atoms with Crippen LogP contribution in [0, 0.1) is 17.2 Å². The minimum absolute atomic E-state index is 0.00921. The first-order valence-corrected chi connectivity index (χ1v) is 10.9. The van der Waals surface area contributed by atoms with Gasteiger partial charge in [-0.05, 0) is 60.4 Å². The van der Waals surface area contributed by atoms with Gasteiger partial charge in [0.2, 0.25) is 0 Å². The molecule has 4 rings (SSSR count). The predicted octanol–water partition coefficient (Wildman–Crippen LogP) is 4.45. The molecule has 3 aromatic rings. The molecule has 6 nitrogen and oxygen atoms in total. The first-order chi connectivity index (χ1) is 16.1. The highest BCUT2D eigenvalue weighted by molar-refractivity contribution is 5.79. The van der Waals surface area contributed by atoms with Crippen LogP contribution in [0.4, 0.5) is 0 Å². The molecule has 1 aliphatic heterocycles. The monoisotopic (exact) mass is 440 g/mol. The van der Waals surface area contributed by atoms with Crippen LogP contribution < -0.4 is 9.47 Å². The van der Waals surface area contributed by atoms with Crippen molar-refractivity contribution in [3.8, 4) is 28.7 Å². The lowest BCUT2D eigenvalue weighted by atomic mass is 9.97. The summed E-state index contributed by atoms with van der Waals surface area (Å²) < 4.78 is 11.1. The number of ether oxygens (including phenoxy) is 2. The third-order valence-corrected chi connectivity index (χ3v) is 5.71. The van der Waals surface area contributed by atoms with Crippen molar-refractivity contribution in [2.45, 2.75) is 12.8 Å². The van der Waals surface area contributed by atoms with Gasteiger partial charge >= 0.3 is 5.97 Å². The van der Waals surface area contributed by atoms with Gasteiger partial charge in [-0.2, -0.15) is 5.26 Å². The average molecular weight is 440 g/mol. The molecule has 0 unspecified atom stereocenters. The minimum atomic E-state index is -0.270. The number of carbonyl (C=O) groups is 2. The van der Waals surface area contributed by atoms with Crippen molar-refractivity contribution in [3.63, 3.8) is 0 Å². The van der Waals surface area contributed by atoms with Gasteiger partial charge in [0, 0.05) is 13.1 Å². The summed E-state index contributed by atoms with van der Waals surface area (Å²) >= 11 is 0. The number of hydrogen-bond donors (Lipinski definition) is 0. The van der Waals surface area contributed by atoms with Crippen molar-refractivity contribution in [1.29, 1.82) is 5.26 Å². The lowest BCUT2D eigenvalue weighted by molar-refractivity contribution is -0.144. The molecule has 0 radical (unpaired) electrons. The van der Waals surface area contributed by atoms with E-state index in [-0.39, 0.29) is 24.4 Å². The number of nitrogens with zero attached hydrogens (tertiary/aromatic N) is 2. The van der Waals surface area contributed by atoms with Crippen molar-refractivity contribution < 1.29 is 19.1 Å². The number of para-hydroxylation sites is 1. The Hall–Kier alpha value is -4.11. The van der Waals surface area contributed by atoms with Crippen LogP contribution in [0.5, 0.6) is 11.5 Å². The summed E-state index contributed by atoms with van der Waals surface area (Å²) in [5.74, 6) is 0.571. The van der Waals surface area contributed by atoms with Crippen LogP contribution in [0.2, 0.25) is 0 Å². The maximum Gasteiger partial charge on any atom is 0.314 e. The molecule has 1 fully saturated rings. The summed E-state index contributed by atoms with van der Waals surface area (Å²) in [4.78, 5) is 26.7. The zero-order valence-electron chi connectivity index (χ0n) is 18.1. The third-order valence-electron chi connectivity index (χ3n) is 5.71. The zero-order valence-corrected chi connectivity index (χ0v) is 18.1. The maximum atomic E-state index is 12.6. The van der Waals surface area contributed by atoms with Gasteiger partial charge < -0.3 is 14.4 Å². The van der Waals surface area contributed by atoms with Gasteiger partial charge in [0.1, 0.15) is 11.5 Å². The molecule has 0 aliphatic carbocycles. The molecule has 0 saturated carbocycles. The number of hydrogen-bond acceptors (Lipinski definition) is 5. The highest BCUT2D eigenvalue weighted by Gasteiger charge is 2.28. The number of piperidine rings is 1. The number of esters is 1. The summed E-state index contributed by atoms with van der Waals surface area (Å²) in [6.45, 7) is 1.01. The van der Waals surface area contributed by atoms with Gasteiger partial charge in [-0.3, -0.25) is 9.59 Å². The second kappa shape index (κ2) is 10.5.